The van der Waals surface area contributed by atoms with Crippen LogP contribution < -0.4 is 10.1 Å². The van der Waals surface area contributed by atoms with Crippen LogP contribution in [0.4, 0.5) is 8.78 Å². The van der Waals surface area contributed by atoms with Gasteiger partial charge in [0.15, 0.2) is 11.6 Å². The molecule has 2 rings (SSSR count). The molecule has 0 aliphatic rings. The molecule has 118 valence electrons. The monoisotopic (exact) mass is 327 g/mol. The fraction of sp³-hybridized carbons (Fsp3) is 0.267. The smallest absolute Gasteiger partial charge is 0.261 e. The second-order valence-corrected chi connectivity index (χ2v) is 5.95. The summed E-state index contributed by atoms with van der Waals surface area (Å²) < 4.78 is 30.9. The summed E-state index contributed by atoms with van der Waals surface area (Å²) in [4.78, 5) is 13.4. The van der Waals surface area contributed by atoms with Crippen LogP contribution in [-0.4, -0.2) is 30.3 Å². The molecule has 0 saturated heterocycles. The van der Waals surface area contributed by atoms with Gasteiger partial charge in [-0.15, -0.1) is 11.3 Å². The molecule has 1 unspecified atom stereocenters. The molecule has 0 radical (unpaired) electrons. The molecule has 0 bridgehead atoms. The van der Waals surface area contributed by atoms with E-state index in [2.05, 4.69) is 5.32 Å². The molecular formula is C15H15F2NO3S. The van der Waals surface area contributed by atoms with Crippen molar-refractivity contribution in [2.75, 3.05) is 13.2 Å². The highest BCUT2D eigenvalue weighted by atomic mass is 32.1. The molecule has 2 aromatic rings. The van der Waals surface area contributed by atoms with Gasteiger partial charge in [-0.05, 0) is 31.2 Å². The Morgan fingerprint density at radius 3 is 2.73 bits per heavy atom. The van der Waals surface area contributed by atoms with Crippen LogP contribution in [0.3, 0.4) is 0 Å². The normalized spacial score (nSPS) is 12.0. The second kappa shape index (κ2) is 7.33. The van der Waals surface area contributed by atoms with E-state index in [1.54, 1.807) is 6.07 Å². The van der Waals surface area contributed by atoms with Crippen LogP contribution in [0.25, 0.3) is 0 Å². The lowest BCUT2D eigenvalue weighted by Crippen LogP contribution is -2.35. The van der Waals surface area contributed by atoms with Crippen LogP contribution in [0, 0.1) is 18.6 Å². The van der Waals surface area contributed by atoms with Crippen molar-refractivity contribution in [1.82, 2.24) is 5.32 Å². The summed E-state index contributed by atoms with van der Waals surface area (Å²) >= 11 is 1.36. The van der Waals surface area contributed by atoms with Crippen LogP contribution in [0.2, 0.25) is 0 Å². The number of aryl methyl sites for hydroxylation is 1. The van der Waals surface area contributed by atoms with Gasteiger partial charge in [0.1, 0.15) is 18.5 Å². The minimum absolute atomic E-state index is 0.000538. The average Bonchev–Trinajstić information content (AvgIpc) is 2.92. The Kier molecular flexibility index (Phi) is 5.46. The largest absolute Gasteiger partial charge is 0.491 e. The molecule has 1 heterocycles. The lowest BCUT2D eigenvalue weighted by molar-refractivity contribution is 0.0846. The number of nitrogens with one attached hydrogen (secondary N) is 1. The highest BCUT2D eigenvalue weighted by Gasteiger charge is 2.12. The summed E-state index contributed by atoms with van der Waals surface area (Å²) in [6.45, 7) is 1.75. The zero-order chi connectivity index (χ0) is 16.1. The van der Waals surface area contributed by atoms with E-state index in [0.717, 1.165) is 17.0 Å². The summed E-state index contributed by atoms with van der Waals surface area (Å²) in [5, 5.41) is 12.3. The van der Waals surface area contributed by atoms with E-state index in [9.17, 15) is 18.7 Å². The number of amides is 1. The molecule has 0 aliphatic carbocycles. The third-order valence-electron chi connectivity index (χ3n) is 2.80. The van der Waals surface area contributed by atoms with E-state index < -0.39 is 17.7 Å². The van der Waals surface area contributed by atoms with Gasteiger partial charge in [0, 0.05) is 17.5 Å². The van der Waals surface area contributed by atoms with Gasteiger partial charge in [-0.1, -0.05) is 0 Å². The first-order valence-corrected chi connectivity index (χ1v) is 7.38. The topological polar surface area (TPSA) is 58.6 Å². The molecule has 1 aromatic carbocycles. The third kappa shape index (κ3) is 4.51. The zero-order valence-corrected chi connectivity index (χ0v) is 12.6. The first kappa shape index (κ1) is 16.4. The number of carbonyl (C=O) groups is 1. The quantitative estimate of drug-likeness (QED) is 0.857. The molecule has 1 amide bonds. The van der Waals surface area contributed by atoms with Gasteiger partial charge >= 0.3 is 0 Å². The maximum Gasteiger partial charge on any atom is 0.261 e. The van der Waals surface area contributed by atoms with Crippen molar-refractivity contribution in [2.45, 2.75) is 13.0 Å². The van der Waals surface area contributed by atoms with E-state index in [-0.39, 0.29) is 24.8 Å². The highest BCUT2D eigenvalue weighted by molar-refractivity contribution is 7.13. The molecular weight excluding hydrogens is 312 g/mol. The molecule has 0 fully saturated rings. The molecule has 0 saturated carbocycles. The Morgan fingerprint density at radius 2 is 2.09 bits per heavy atom. The van der Waals surface area contributed by atoms with Gasteiger partial charge in [0.05, 0.1) is 4.88 Å². The second-order valence-electron chi connectivity index (χ2n) is 4.66. The number of aliphatic hydroxyl groups is 1. The molecule has 0 aliphatic heterocycles. The van der Waals surface area contributed by atoms with Crippen molar-refractivity contribution in [3.05, 3.63) is 51.7 Å². The Morgan fingerprint density at radius 1 is 1.32 bits per heavy atom. The summed E-state index contributed by atoms with van der Waals surface area (Å²) in [5.74, 6) is -2.15. The predicted molar refractivity (Wildman–Crippen MR) is 79.2 cm³/mol. The van der Waals surface area contributed by atoms with Crippen LogP contribution in [-0.2, 0) is 0 Å². The summed E-state index contributed by atoms with van der Waals surface area (Å²) in [5.41, 5.74) is 0. The van der Waals surface area contributed by atoms with Gasteiger partial charge in [0.2, 0.25) is 0 Å². The SMILES string of the molecule is Cc1ccc(C(=O)NCC(O)COc2ccc(F)c(F)c2)s1. The predicted octanol–water partition coefficient (Wildman–Crippen LogP) is 2.50. The Balaban J connectivity index is 1.77. The van der Waals surface area contributed by atoms with Gasteiger partial charge < -0.3 is 15.2 Å². The maximum atomic E-state index is 13.0. The summed E-state index contributed by atoms with van der Waals surface area (Å²) in [7, 11) is 0. The van der Waals surface area contributed by atoms with E-state index in [1.807, 2.05) is 13.0 Å². The fourth-order valence-electron chi connectivity index (χ4n) is 1.67. The van der Waals surface area contributed by atoms with Crippen LogP contribution in [0.1, 0.15) is 14.5 Å². The Labute approximate surface area is 130 Å². The lowest BCUT2D eigenvalue weighted by Gasteiger charge is -2.13. The number of aliphatic hydroxyl groups excluding tert-OH is 1. The van der Waals surface area contributed by atoms with Gasteiger partial charge in [-0.2, -0.15) is 0 Å². The van der Waals surface area contributed by atoms with Crippen LogP contribution in [0.5, 0.6) is 5.75 Å². The number of rotatable bonds is 6. The molecule has 2 N–H and O–H groups in total. The first-order chi connectivity index (χ1) is 10.5. The maximum absolute atomic E-state index is 13.0. The minimum Gasteiger partial charge on any atom is -0.491 e. The highest BCUT2D eigenvalue weighted by Crippen LogP contribution is 2.16. The number of benzene rings is 1. The number of ether oxygens (including phenoxy) is 1. The van der Waals surface area contributed by atoms with Crippen molar-refractivity contribution in [3.8, 4) is 5.75 Å². The molecule has 1 aromatic heterocycles. The summed E-state index contributed by atoms with van der Waals surface area (Å²) in [6.07, 6.45) is -0.960. The average molecular weight is 327 g/mol. The van der Waals surface area contributed by atoms with Crippen molar-refractivity contribution >= 4 is 17.2 Å². The van der Waals surface area contributed by atoms with Crippen molar-refractivity contribution in [2.24, 2.45) is 0 Å². The van der Waals surface area contributed by atoms with E-state index in [1.165, 1.54) is 17.4 Å². The number of thiophene rings is 1. The van der Waals surface area contributed by atoms with Gasteiger partial charge in [0.25, 0.3) is 5.91 Å². The van der Waals surface area contributed by atoms with Crippen LogP contribution in [0.15, 0.2) is 30.3 Å². The molecule has 7 heteroatoms. The Hall–Kier alpha value is -1.99. The lowest BCUT2D eigenvalue weighted by atomic mass is 10.3. The van der Waals surface area contributed by atoms with Gasteiger partial charge in [-0.25, -0.2) is 8.78 Å². The number of hydrogen-bond acceptors (Lipinski definition) is 4. The number of halogens is 2. The van der Waals surface area contributed by atoms with E-state index >= 15 is 0 Å². The minimum atomic E-state index is -1.02. The van der Waals surface area contributed by atoms with Crippen molar-refractivity contribution in [1.29, 1.82) is 0 Å². The van der Waals surface area contributed by atoms with Crippen molar-refractivity contribution in [3.63, 3.8) is 0 Å². The first-order valence-electron chi connectivity index (χ1n) is 6.56. The number of hydrogen-bond donors (Lipinski definition) is 2. The molecule has 0 spiro atoms. The van der Waals surface area contributed by atoms with E-state index in [4.69, 9.17) is 4.74 Å². The molecule has 22 heavy (non-hydrogen) atoms. The third-order valence-corrected chi connectivity index (χ3v) is 3.80. The zero-order valence-electron chi connectivity index (χ0n) is 11.8. The molecule has 4 nitrogen and oxygen atoms in total. The number of carbonyl (C=O) groups excluding carboxylic acids is 1. The summed E-state index contributed by atoms with van der Waals surface area (Å²) in [6, 6.07) is 6.65. The standard InChI is InChI=1S/C15H15F2NO3S/c1-9-2-5-14(22-9)15(20)18-7-10(19)8-21-11-3-4-12(16)13(17)6-11/h2-6,10,19H,7-8H2,1H3,(H,18,20). The fourth-order valence-corrected chi connectivity index (χ4v) is 2.46. The van der Waals surface area contributed by atoms with E-state index in [0.29, 0.717) is 4.88 Å². The van der Waals surface area contributed by atoms with Crippen LogP contribution >= 0.6 is 11.3 Å². The van der Waals surface area contributed by atoms with Gasteiger partial charge in [-0.3, -0.25) is 4.79 Å². The Bertz CT molecular complexity index is 660. The van der Waals surface area contributed by atoms with Crippen molar-refractivity contribution < 1.29 is 23.4 Å². The molecule has 1 atom stereocenters.